The van der Waals surface area contributed by atoms with Gasteiger partial charge in [0.25, 0.3) is 0 Å². The van der Waals surface area contributed by atoms with Gasteiger partial charge in [-0.3, -0.25) is 0 Å². The van der Waals surface area contributed by atoms with E-state index in [9.17, 15) is 0 Å². The minimum absolute atomic E-state index is 0. The van der Waals surface area contributed by atoms with Crippen molar-refractivity contribution >= 4 is 60.4 Å². The maximum absolute atomic E-state index is 0. The van der Waals surface area contributed by atoms with E-state index in [1.807, 2.05) is 0 Å². The smallest absolute Gasteiger partial charge is 0 e. The zero-order chi connectivity index (χ0) is 0. The van der Waals surface area contributed by atoms with Crippen LogP contribution in [-0.2, 0) is 21.7 Å². The Labute approximate surface area is 80.8 Å². The monoisotopic (exact) mass is 258 g/mol. The van der Waals surface area contributed by atoms with Gasteiger partial charge in [-0.2, -0.15) is 0 Å². The predicted octanol–water partition coefficient (Wildman–Crippen LogP) is -3.55. The van der Waals surface area contributed by atoms with Crippen LogP contribution in [0.15, 0.2) is 0 Å². The average Bonchev–Trinajstić information content (AvgIpc) is 0. The molecule has 0 aliphatic carbocycles. The van der Waals surface area contributed by atoms with Crippen molar-refractivity contribution in [2.24, 2.45) is 0 Å². The summed E-state index contributed by atoms with van der Waals surface area (Å²) in [5.41, 5.74) is 0. The van der Waals surface area contributed by atoms with Crippen molar-refractivity contribution < 1.29 is 21.7 Å². The van der Waals surface area contributed by atoms with E-state index in [1.165, 1.54) is 0 Å². The molecule has 0 saturated heterocycles. The van der Waals surface area contributed by atoms with Crippen LogP contribution in [0.4, 0.5) is 0 Å². The third-order valence-corrected chi connectivity index (χ3v) is 0. The largest absolute Gasteiger partial charge is 0 e. The first kappa shape index (κ1) is 30.2. The first-order chi connectivity index (χ1) is 0. The fourth-order valence-corrected chi connectivity index (χ4v) is 0. The van der Waals surface area contributed by atoms with E-state index in [2.05, 4.69) is 0 Å². The van der Waals surface area contributed by atoms with Gasteiger partial charge >= 0.3 is 60.4 Å². The molecule has 0 spiro atoms. The molecule has 0 unspecified atom stereocenters. The van der Waals surface area contributed by atoms with E-state index in [0.717, 1.165) is 0 Å². The first-order valence-corrected chi connectivity index (χ1v) is 0. The van der Waals surface area contributed by atoms with Gasteiger partial charge in [0.15, 0.2) is 0 Å². The second-order valence-electron chi connectivity index (χ2n) is 0. The fourth-order valence-electron chi connectivity index (χ4n) is 0. The van der Waals surface area contributed by atoms with E-state index in [-0.39, 0.29) is 82.1 Å². The van der Waals surface area contributed by atoms with Crippen LogP contribution in [0, 0.1) is 0 Å². The van der Waals surface area contributed by atoms with Crippen LogP contribution in [0.25, 0.3) is 0 Å². The molecule has 0 bridgehead atoms. The Hall–Kier alpha value is 2.65. The van der Waals surface area contributed by atoms with E-state index in [1.54, 1.807) is 0 Å². The molecule has 0 nitrogen and oxygen atoms in total. The summed E-state index contributed by atoms with van der Waals surface area (Å²) in [7, 11) is 0. The third-order valence-electron chi connectivity index (χ3n) is 0. The summed E-state index contributed by atoms with van der Waals surface area (Å²) in [4.78, 5) is 0. The van der Waals surface area contributed by atoms with Crippen LogP contribution in [0.5, 0.6) is 0 Å². The van der Waals surface area contributed by atoms with Gasteiger partial charge in [-0.15, -0.1) is 0 Å². The number of hydrogen-bond acceptors (Lipinski definition) is 0. The summed E-state index contributed by atoms with van der Waals surface area (Å²) < 4.78 is 0. The molecule has 0 aliphatic heterocycles. The molecule has 0 aromatic rings. The topological polar surface area (TPSA) is 0 Å². The molecule has 0 radical (unpaired) electrons. The van der Waals surface area contributed by atoms with Gasteiger partial charge in [0, 0.05) is 21.7 Å². The molecule has 0 fully saturated rings. The normalized spacial score (nSPS) is 0. The molecule has 0 saturated carbocycles. The van der Waals surface area contributed by atoms with Crippen LogP contribution in [0.3, 0.4) is 0 Å². The van der Waals surface area contributed by atoms with Gasteiger partial charge in [-0.1, -0.05) is 0 Å². The van der Waals surface area contributed by atoms with E-state index in [4.69, 9.17) is 0 Å². The molecule has 0 aliphatic rings. The molecule has 4 heavy (non-hydrogen) atoms. The minimum atomic E-state index is 0. The summed E-state index contributed by atoms with van der Waals surface area (Å²) in [5, 5.41) is 0. The molecule has 22 valence electrons. The third kappa shape index (κ3) is 8.82. The van der Waals surface area contributed by atoms with Crippen molar-refractivity contribution in [2.75, 3.05) is 0 Å². The molecule has 4 heteroatoms. The van der Waals surface area contributed by atoms with Gasteiger partial charge < -0.3 is 0 Å². The summed E-state index contributed by atoms with van der Waals surface area (Å²) in [6, 6.07) is 0. The summed E-state index contributed by atoms with van der Waals surface area (Å²) >= 11 is 0. The van der Waals surface area contributed by atoms with Crippen LogP contribution >= 0.6 is 0 Å². The molecule has 0 aromatic heterocycles. The Morgan fingerprint density at radius 1 is 1.00 bits per heavy atom. The average molecular weight is 255 g/mol. The van der Waals surface area contributed by atoms with Crippen LogP contribution in [0.1, 0.15) is 0 Å². The SMILES string of the molecule is [GeH4].[LiH].[SnH4].[Ti]. The first-order valence-electron chi connectivity index (χ1n) is 0. The van der Waals surface area contributed by atoms with Crippen LogP contribution < -0.4 is 0 Å². The van der Waals surface area contributed by atoms with Gasteiger partial charge in [-0.05, 0) is 0 Å². The summed E-state index contributed by atoms with van der Waals surface area (Å²) in [6.07, 6.45) is 0. The zero-order valence-electron chi connectivity index (χ0n) is 0.500. The summed E-state index contributed by atoms with van der Waals surface area (Å²) in [6.45, 7) is 0. The van der Waals surface area contributed by atoms with Crippen molar-refractivity contribution in [1.82, 2.24) is 0 Å². The van der Waals surface area contributed by atoms with Gasteiger partial charge in [-0.25, -0.2) is 0 Å². The van der Waals surface area contributed by atoms with E-state index < -0.39 is 0 Å². The predicted molar refractivity (Wildman–Crippen MR) is 29.8 cm³/mol. The van der Waals surface area contributed by atoms with Crippen molar-refractivity contribution in [3.8, 4) is 0 Å². The molecule has 0 heterocycles. The Morgan fingerprint density at radius 2 is 1.00 bits per heavy atom. The van der Waals surface area contributed by atoms with E-state index >= 15 is 0 Å². The van der Waals surface area contributed by atoms with Gasteiger partial charge in [0.1, 0.15) is 0 Å². The molecule has 0 atom stereocenters. The number of rotatable bonds is 0. The standard InChI is InChI=1S/GeH4.Li.Sn.Ti.5H/h1H4;;;;;;;;. The Kier molecular flexibility index (Phi) is 131. The minimum Gasteiger partial charge on any atom is 0 e. The van der Waals surface area contributed by atoms with Crippen LogP contribution in [0.2, 0.25) is 0 Å². The second-order valence-corrected chi connectivity index (χ2v) is 0. The maximum atomic E-state index is 0. The maximum Gasteiger partial charge on any atom is 0 e. The molecule has 0 N–H and O–H groups in total. The summed E-state index contributed by atoms with van der Waals surface area (Å²) in [5.74, 6) is 0. The van der Waals surface area contributed by atoms with Crippen molar-refractivity contribution in [3.63, 3.8) is 0 Å². The number of hydrogen-bond donors (Lipinski definition) is 0. The Balaban J connectivity index is 0. The van der Waals surface area contributed by atoms with Crippen molar-refractivity contribution in [1.29, 1.82) is 0 Å². The van der Waals surface area contributed by atoms with E-state index in [0.29, 0.717) is 0 Å². The molecular weight excluding hydrogens is 246 g/mol. The van der Waals surface area contributed by atoms with Gasteiger partial charge in [0.05, 0.1) is 0 Å². The second kappa shape index (κ2) is 17.4. The molecule has 0 rings (SSSR count). The molecule has 0 amide bonds. The Bertz CT molecular complexity index is 8.00. The van der Waals surface area contributed by atoms with Crippen molar-refractivity contribution in [2.45, 2.75) is 0 Å². The fraction of sp³-hybridized carbons (Fsp3) is 0. The quantitative estimate of drug-likeness (QED) is 0.393. The zero-order valence-corrected chi connectivity index (χ0v) is 2.06. The van der Waals surface area contributed by atoms with Crippen LogP contribution in [-0.4, -0.2) is 60.4 Å². The molecule has 0 aromatic carbocycles. The Morgan fingerprint density at radius 3 is 1.00 bits per heavy atom. The molecular formula is H9GeLiSnTi. The van der Waals surface area contributed by atoms with Crippen molar-refractivity contribution in [3.05, 3.63) is 0 Å². The van der Waals surface area contributed by atoms with Gasteiger partial charge in [0.2, 0.25) is 0 Å².